The number of aromatic hydroxyl groups is 2. The van der Waals surface area contributed by atoms with Crippen LogP contribution in [0.3, 0.4) is 0 Å². The van der Waals surface area contributed by atoms with E-state index < -0.39 is 25.0 Å². The maximum absolute atomic E-state index is 9.68. The second-order valence-corrected chi connectivity index (χ2v) is 2.78. The Bertz CT molecular complexity index is 458. The van der Waals surface area contributed by atoms with Crippen molar-refractivity contribution >= 4 is 0 Å². The summed E-state index contributed by atoms with van der Waals surface area (Å²) in [4.78, 5) is 0. The Morgan fingerprint density at radius 3 is 2.85 bits per heavy atom. The average Bonchev–Trinajstić information content (AvgIpc) is 2.20. The van der Waals surface area contributed by atoms with Gasteiger partial charge in [0.15, 0.2) is 0 Å². The van der Waals surface area contributed by atoms with Crippen LogP contribution in [0.2, 0.25) is 0 Å². The van der Waals surface area contributed by atoms with Crippen LogP contribution in [-0.2, 0) is 6.37 Å². The van der Waals surface area contributed by atoms with Crippen LogP contribution >= 0.6 is 0 Å². The van der Waals surface area contributed by atoms with Gasteiger partial charge in [-0.05, 0) is 43.4 Å². The Balaban J connectivity index is 3.32. The zero-order chi connectivity index (χ0) is 14.3. The Hall–Kier alpha value is -1.22. The molecule has 0 amide bonds. The van der Waals surface area contributed by atoms with Crippen LogP contribution in [0.15, 0.2) is 12.1 Å². The SMILES string of the molecule is [3H]C([3H])([3H])C(N)C([3H])([3H])c1cc(O)c(C)cc1O. The molecule has 4 N–H and O–H groups in total. The van der Waals surface area contributed by atoms with Gasteiger partial charge in [-0.2, -0.15) is 0 Å². The number of benzene rings is 1. The molecule has 0 heterocycles. The molecule has 1 rings (SSSR count). The van der Waals surface area contributed by atoms with E-state index in [4.69, 9.17) is 12.6 Å². The Morgan fingerprint density at radius 2 is 2.23 bits per heavy atom. The molecule has 0 saturated heterocycles. The number of rotatable bonds is 2. The maximum Gasteiger partial charge on any atom is 0.119 e. The molecule has 0 bridgehead atoms. The molecule has 3 heteroatoms. The number of nitrogens with two attached hydrogens (primary N) is 1. The van der Waals surface area contributed by atoms with Gasteiger partial charge >= 0.3 is 0 Å². The third kappa shape index (κ3) is 2.36. The van der Waals surface area contributed by atoms with Crippen molar-refractivity contribution in [3.05, 3.63) is 23.3 Å². The van der Waals surface area contributed by atoms with Crippen molar-refractivity contribution in [2.75, 3.05) is 0 Å². The van der Waals surface area contributed by atoms with Crippen molar-refractivity contribution in [1.82, 2.24) is 0 Å². The summed E-state index contributed by atoms with van der Waals surface area (Å²) in [6, 6.07) is 0.350. The molecule has 0 saturated carbocycles. The van der Waals surface area contributed by atoms with Crippen molar-refractivity contribution in [2.45, 2.75) is 26.2 Å². The molecule has 3 nitrogen and oxygen atoms in total. The van der Waals surface area contributed by atoms with Crippen molar-refractivity contribution in [2.24, 2.45) is 5.73 Å². The van der Waals surface area contributed by atoms with E-state index in [9.17, 15) is 10.2 Å². The van der Waals surface area contributed by atoms with Gasteiger partial charge in [0.2, 0.25) is 0 Å². The summed E-state index contributed by atoms with van der Waals surface area (Å²) in [5.74, 6) is -0.667. The lowest BCUT2D eigenvalue weighted by atomic mass is 10.0. The minimum Gasteiger partial charge on any atom is -0.508 e. The van der Waals surface area contributed by atoms with Crippen molar-refractivity contribution in [3.8, 4) is 11.5 Å². The highest BCUT2D eigenvalue weighted by Gasteiger charge is 2.07. The van der Waals surface area contributed by atoms with Gasteiger partial charge in [-0.3, -0.25) is 0 Å². The summed E-state index contributed by atoms with van der Waals surface area (Å²) in [6.07, 6.45) is -2.49. The fourth-order valence-electron chi connectivity index (χ4n) is 0.964. The number of hydrogen-bond donors (Lipinski definition) is 3. The van der Waals surface area contributed by atoms with Crippen LogP contribution in [0, 0.1) is 6.92 Å². The minimum absolute atomic E-state index is 0.232. The molecule has 0 radical (unpaired) electrons. The Labute approximate surface area is 84.8 Å². The minimum atomic E-state index is -2.71. The third-order valence-electron chi connectivity index (χ3n) is 1.63. The average molecular weight is 191 g/mol. The van der Waals surface area contributed by atoms with Gasteiger partial charge < -0.3 is 15.9 Å². The molecule has 0 fully saturated rings. The first-order valence-electron chi connectivity index (χ1n) is 6.26. The second-order valence-electron chi connectivity index (χ2n) is 2.78. The summed E-state index contributed by atoms with van der Waals surface area (Å²) >= 11 is 0. The van der Waals surface area contributed by atoms with E-state index >= 15 is 0 Å². The van der Waals surface area contributed by atoms with Gasteiger partial charge in [0.25, 0.3) is 0 Å². The largest absolute Gasteiger partial charge is 0.508 e. The summed E-state index contributed by atoms with van der Waals surface area (Å²) in [7, 11) is 0. The lowest BCUT2D eigenvalue weighted by Gasteiger charge is -2.09. The maximum atomic E-state index is 9.68. The van der Waals surface area contributed by atoms with Gasteiger partial charge in [-0.1, -0.05) is 0 Å². The third-order valence-corrected chi connectivity index (χ3v) is 1.63. The number of phenolic OH excluding ortho intramolecular Hbond substituents is 2. The molecule has 0 aromatic heterocycles. The molecule has 1 unspecified atom stereocenters. The molecule has 1 aromatic carbocycles. The monoisotopic (exact) mass is 191 g/mol. The highest BCUT2D eigenvalue weighted by molar-refractivity contribution is 5.44. The second kappa shape index (κ2) is 3.66. The fourth-order valence-corrected chi connectivity index (χ4v) is 0.964. The number of hydrogen-bond acceptors (Lipinski definition) is 3. The van der Waals surface area contributed by atoms with Gasteiger partial charge in [0.1, 0.15) is 11.5 Å². The predicted molar refractivity (Wildman–Crippen MR) is 51.9 cm³/mol. The van der Waals surface area contributed by atoms with E-state index in [1.165, 1.54) is 6.92 Å². The van der Waals surface area contributed by atoms with E-state index in [1.54, 1.807) is 0 Å². The van der Waals surface area contributed by atoms with Gasteiger partial charge in [0.05, 0.1) is 0 Å². The predicted octanol–water partition coefficient (Wildman–Crippen LogP) is 1.30. The van der Waals surface area contributed by atoms with Gasteiger partial charge in [0, 0.05) is 12.9 Å². The normalized spacial score (nSPS) is 20.6. The van der Waals surface area contributed by atoms with E-state index in [2.05, 4.69) is 0 Å². The summed E-state index contributed by atoms with van der Waals surface area (Å²) in [5, 5.41) is 19.2. The summed E-state index contributed by atoms with van der Waals surface area (Å²) < 4.78 is 36.9. The summed E-state index contributed by atoms with van der Waals surface area (Å²) in [6.45, 7) is -1.19. The van der Waals surface area contributed by atoms with Crippen LogP contribution in [0.5, 0.6) is 11.5 Å². The van der Waals surface area contributed by atoms with Gasteiger partial charge in [-0.25, -0.2) is 0 Å². The van der Waals surface area contributed by atoms with Crippen molar-refractivity contribution < 1.29 is 17.1 Å². The molecule has 72 valence electrons. The number of aryl methyl sites for hydroxylation is 1. The van der Waals surface area contributed by atoms with Crippen LogP contribution in [0.25, 0.3) is 0 Å². The van der Waals surface area contributed by atoms with E-state index in [1.807, 2.05) is 0 Å². The van der Waals surface area contributed by atoms with Crippen LogP contribution < -0.4 is 5.73 Å². The van der Waals surface area contributed by atoms with Crippen LogP contribution in [0.4, 0.5) is 0 Å². The first-order chi connectivity index (χ1) is 7.98. The Morgan fingerprint density at radius 1 is 1.54 bits per heavy atom. The lowest BCUT2D eigenvalue weighted by Crippen LogP contribution is -2.17. The topological polar surface area (TPSA) is 66.5 Å². The number of phenols is 2. The molecule has 1 aromatic rings. The van der Waals surface area contributed by atoms with E-state index in [-0.39, 0.29) is 11.3 Å². The van der Waals surface area contributed by atoms with Gasteiger partial charge in [-0.15, -0.1) is 0 Å². The molecule has 0 aliphatic heterocycles. The zero-order valence-electron chi connectivity index (χ0n) is 12.2. The standard InChI is InChI=1S/C10H15NO2/c1-6-3-10(13)8(4-7(2)11)5-9(6)12/h3,5,7,12-13H,4,11H2,1-2H3/i2T3,4T2. The van der Waals surface area contributed by atoms with E-state index in [0.29, 0.717) is 5.56 Å². The Kier molecular flexibility index (Phi) is 1.37. The molecule has 0 aliphatic rings. The van der Waals surface area contributed by atoms with Crippen molar-refractivity contribution in [1.29, 1.82) is 0 Å². The zero-order valence-corrected chi connectivity index (χ0v) is 7.20. The molecule has 1 atom stereocenters. The smallest absolute Gasteiger partial charge is 0.119 e. The van der Waals surface area contributed by atoms with Crippen LogP contribution in [0.1, 0.15) is 24.8 Å². The van der Waals surface area contributed by atoms with Crippen LogP contribution in [-0.4, -0.2) is 16.3 Å². The highest BCUT2D eigenvalue weighted by atomic mass is 16.3. The fraction of sp³-hybridized carbons (Fsp3) is 0.400. The first-order valence-corrected chi connectivity index (χ1v) is 3.76. The quantitative estimate of drug-likeness (QED) is 0.617. The molecule has 0 spiro atoms. The molecule has 13 heavy (non-hydrogen) atoms. The van der Waals surface area contributed by atoms with E-state index in [0.717, 1.165) is 12.1 Å². The lowest BCUT2D eigenvalue weighted by molar-refractivity contribution is 0.449. The molecule has 0 aliphatic carbocycles. The molecular formula is C10H15NO2. The summed E-state index contributed by atoms with van der Waals surface area (Å²) in [5.41, 5.74) is 5.40. The first kappa shape index (κ1) is 4.86. The molecular weight excluding hydrogens is 166 g/mol. The highest BCUT2D eigenvalue weighted by Crippen LogP contribution is 2.27. The van der Waals surface area contributed by atoms with Crippen molar-refractivity contribution in [3.63, 3.8) is 0 Å².